The molecule has 0 bridgehead atoms. The molecular formula is C23H23N3O3. The van der Waals surface area contributed by atoms with Crippen molar-refractivity contribution in [3.05, 3.63) is 65.9 Å². The molecule has 148 valence electrons. The number of Topliss-reactive ketones (excluding diaryl/α,β-unsaturated/α-hetero) is 1. The Hall–Kier alpha value is -3.41. The van der Waals surface area contributed by atoms with E-state index in [-0.39, 0.29) is 12.5 Å². The second-order valence-corrected chi connectivity index (χ2v) is 7.37. The lowest BCUT2D eigenvalue weighted by atomic mass is 10.1. The molecule has 6 heteroatoms. The Balaban J connectivity index is 1.61. The van der Waals surface area contributed by atoms with Crippen molar-refractivity contribution in [1.82, 2.24) is 9.47 Å². The molecule has 1 aliphatic rings. The van der Waals surface area contributed by atoms with Crippen LogP contribution in [0.25, 0.3) is 10.9 Å². The molecule has 2 aromatic carbocycles. The number of carbonyl (C=O) groups is 3. The summed E-state index contributed by atoms with van der Waals surface area (Å²) in [4.78, 5) is 40.0. The van der Waals surface area contributed by atoms with Gasteiger partial charge in [-0.05, 0) is 37.5 Å². The van der Waals surface area contributed by atoms with Crippen molar-refractivity contribution in [3.63, 3.8) is 0 Å². The average Bonchev–Trinajstić information content (AvgIpc) is 3.38. The van der Waals surface area contributed by atoms with Gasteiger partial charge in [-0.2, -0.15) is 0 Å². The van der Waals surface area contributed by atoms with Gasteiger partial charge in [0.15, 0.2) is 0 Å². The largest absolute Gasteiger partial charge is 0.341 e. The third-order valence-corrected chi connectivity index (χ3v) is 5.40. The first kappa shape index (κ1) is 18.9. The number of nitrogens with one attached hydrogen (secondary N) is 1. The van der Waals surface area contributed by atoms with Crippen molar-refractivity contribution >= 4 is 34.2 Å². The van der Waals surface area contributed by atoms with Crippen LogP contribution in [0.15, 0.2) is 54.7 Å². The number of para-hydroxylation sites is 2. The van der Waals surface area contributed by atoms with Crippen molar-refractivity contribution in [2.45, 2.75) is 26.3 Å². The molecule has 0 unspecified atom stereocenters. The van der Waals surface area contributed by atoms with Crippen molar-refractivity contribution in [1.29, 1.82) is 0 Å². The van der Waals surface area contributed by atoms with E-state index >= 15 is 0 Å². The van der Waals surface area contributed by atoms with Gasteiger partial charge in [0, 0.05) is 35.9 Å². The number of aryl methyl sites for hydroxylation is 1. The topological polar surface area (TPSA) is 71.4 Å². The number of likely N-dealkylation sites (tertiary alicyclic amines) is 1. The standard InChI is InChI=1S/C23H23N3O3/c1-16-8-2-4-10-19(16)24-23(29)22(28)18-14-26(20-11-5-3-9-17(18)20)15-21(27)25-12-6-7-13-25/h2-5,8-11,14H,6-7,12-13,15H2,1H3,(H,24,29). The number of hydrogen-bond acceptors (Lipinski definition) is 3. The highest BCUT2D eigenvalue weighted by Gasteiger charge is 2.24. The third-order valence-electron chi connectivity index (χ3n) is 5.40. The number of anilines is 1. The molecule has 2 amide bonds. The summed E-state index contributed by atoms with van der Waals surface area (Å²) in [5, 5.41) is 3.37. The highest BCUT2D eigenvalue weighted by molar-refractivity contribution is 6.48. The molecule has 0 radical (unpaired) electrons. The molecule has 4 rings (SSSR count). The average molecular weight is 389 g/mol. The number of ketones is 1. The van der Waals surface area contributed by atoms with Gasteiger partial charge in [-0.15, -0.1) is 0 Å². The molecule has 0 spiro atoms. The number of fused-ring (bicyclic) bond motifs is 1. The number of nitrogens with zero attached hydrogens (tertiary/aromatic N) is 2. The summed E-state index contributed by atoms with van der Waals surface area (Å²) in [6.07, 6.45) is 3.68. The van der Waals surface area contributed by atoms with Gasteiger partial charge >= 0.3 is 0 Å². The zero-order valence-electron chi connectivity index (χ0n) is 16.4. The molecular weight excluding hydrogens is 366 g/mol. The van der Waals surface area contributed by atoms with Gasteiger partial charge < -0.3 is 14.8 Å². The summed E-state index contributed by atoms with van der Waals surface area (Å²) in [5.74, 6) is -1.27. The van der Waals surface area contributed by atoms with E-state index in [1.54, 1.807) is 22.9 Å². The number of rotatable bonds is 5. The maximum Gasteiger partial charge on any atom is 0.296 e. The Morgan fingerprint density at radius 2 is 1.66 bits per heavy atom. The van der Waals surface area contributed by atoms with Gasteiger partial charge in [0.1, 0.15) is 6.54 Å². The van der Waals surface area contributed by atoms with E-state index in [4.69, 9.17) is 0 Å². The quantitative estimate of drug-likeness (QED) is 0.537. The number of hydrogen-bond donors (Lipinski definition) is 1. The van der Waals surface area contributed by atoms with Gasteiger partial charge in [0.2, 0.25) is 5.91 Å². The number of carbonyl (C=O) groups excluding carboxylic acids is 3. The van der Waals surface area contributed by atoms with Crippen molar-refractivity contribution in [2.75, 3.05) is 18.4 Å². The molecule has 6 nitrogen and oxygen atoms in total. The lowest BCUT2D eigenvalue weighted by Crippen LogP contribution is -2.30. The van der Waals surface area contributed by atoms with Gasteiger partial charge in [-0.1, -0.05) is 36.4 Å². The Kier molecular flexibility index (Phi) is 5.16. The molecule has 3 aromatic rings. The van der Waals surface area contributed by atoms with Crippen LogP contribution in [0.3, 0.4) is 0 Å². The first-order chi connectivity index (χ1) is 14.0. The number of amides is 2. The fraction of sp³-hybridized carbons (Fsp3) is 0.261. The summed E-state index contributed by atoms with van der Waals surface area (Å²) in [5.41, 5.74) is 2.57. The van der Waals surface area contributed by atoms with Gasteiger partial charge in [0.05, 0.1) is 5.56 Å². The van der Waals surface area contributed by atoms with Crippen LogP contribution in [0.2, 0.25) is 0 Å². The Labute approximate surface area is 169 Å². The van der Waals surface area contributed by atoms with Gasteiger partial charge in [0.25, 0.3) is 11.7 Å². The highest BCUT2D eigenvalue weighted by atomic mass is 16.2. The van der Waals surface area contributed by atoms with E-state index in [9.17, 15) is 14.4 Å². The van der Waals surface area contributed by atoms with E-state index < -0.39 is 11.7 Å². The van der Waals surface area contributed by atoms with E-state index in [1.807, 2.05) is 48.2 Å². The minimum atomic E-state index is -0.687. The zero-order valence-corrected chi connectivity index (χ0v) is 16.4. The minimum Gasteiger partial charge on any atom is -0.341 e. The monoisotopic (exact) mass is 389 g/mol. The van der Waals surface area contributed by atoms with Crippen LogP contribution in [-0.2, 0) is 16.1 Å². The van der Waals surface area contributed by atoms with Crippen molar-refractivity contribution in [2.24, 2.45) is 0 Å². The molecule has 2 heterocycles. The van der Waals surface area contributed by atoms with Crippen LogP contribution in [0.4, 0.5) is 5.69 Å². The van der Waals surface area contributed by atoms with Gasteiger partial charge in [-0.25, -0.2) is 0 Å². The van der Waals surface area contributed by atoms with Crippen LogP contribution in [0.1, 0.15) is 28.8 Å². The Morgan fingerprint density at radius 1 is 0.966 bits per heavy atom. The van der Waals surface area contributed by atoms with Crippen LogP contribution in [0.5, 0.6) is 0 Å². The molecule has 0 atom stereocenters. The van der Waals surface area contributed by atoms with E-state index in [2.05, 4.69) is 5.32 Å². The maximum absolute atomic E-state index is 12.9. The summed E-state index contributed by atoms with van der Waals surface area (Å²) in [6, 6.07) is 14.7. The van der Waals surface area contributed by atoms with Crippen LogP contribution in [0, 0.1) is 6.92 Å². The second-order valence-electron chi connectivity index (χ2n) is 7.37. The SMILES string of the molecule is Cc1ccccc1NC(=O)C(=O)c1cn(CC(=O)N2CCCC2)c2ccccc12. The van der Waals surface area contributed by atoms with Crippen molar-refractivity contribution in [3.8, 4) is 0 Å². The Morgan fingerprint density at radius 3 is 2.41 bits per heavy atom. The van der Waals surface area contributed by atoms with Crippen LogP contribution < -0.4 is 5.32 Å². The summed E-state index contributed by atoms with van der Waals surface area (Å²) >= 11 is 0. The van der Waals surface area contributed by atoms with Crippen LogP contribution in [-0.4, -0.2) is 40.2 Å². The molecule has 1 saturated heterocycles. The molecule has 1 N–H and O–H groups in total. The minimum absolute atomic E-state index is 0.0339. The summed E-state index contributed by atoms with van der Waals surface area (Å²) in [6.45, 7) is 3.59. The van der Waals surface area contributed by atoms with Crippen molar-refractivity contribution < 1.29 is 14.4 Å². The molecule has 0 saturated carbocycles. The lowest BCUT2D eigenvalue weighted by Gasteiger charge is -2.15. The van der Waals surface area contributed by atoms with E-state index in [1.165, 1.54) is 0 Å². The van der Waals surface area contributed by atoms with E-state index in [0.29, 0.717) is 16.6 Å². The maximum atomic E-state index is 12.9. The predicted molar refractivity (Wildman–Crippen MR) is 112 cm³/mol. The normalized spacial score (nSPS) is 13.6. The number of benzene rings is 2. The predicted octanol–water partition coefficient (Wildman–Crippen LogP) is 3.39. The highest BCUT2D eigenvalue weighted by Crippen LogP contribution is 2.23. The number of aromatic nitrogens is 1. The fourth-order valence-electron chi connectivity index (χ4n) is 3.79. The van der Waals surface area contributed by atoms with Crippen LogP contribution >= 0.6 is 0 Å². The van der Waals surface area contributed by atoms with E-state index in [0.717, 1.165) is 37.0 Å². The smallest absolute Gasteiger partial charge is 0.296 e. The Bertz CT molecular complexity index is 1090. The fourth-order valence-corrected chi connectivity index (χ4v) is 3.79. The summed E-state index contributed by atoms with van der Waals surface area (Å²) in [7, 11) is 0. The zero-order chi connectivity index (χ0) is 20.4. The lowest BCUT2D eigenvalue weighted by molar-refractivity contribution is -0.130. The second kappa shape index (κ2) is 7.91. The van der Waals surface area contributed by atoms with Gasteiger partial charge in [-0.3, -0.25) is 14.4 Å². The molecule has 1 fully saturated rings. The molecule has 0 aliphatic carbocycles. The molecule has 1 aliphatic heterocycles. The first-order valence-corrected chi connectivity index (χ1v) is 9.81. The third kappa shape index (κ3) is 3.78. The molecule has 1 aromatic heterocycles. The molecule has 29 heavy (non-hydrogen) atoms. The first-order valence-electron chi connectivity index (χ1n) is 9.81. The summed E-state index contributed by atoms with van der Waals surface area (Å²) < 4.78 is 1.77.